The van der Waals surface area contributed by atoms with Gasteiger partial charge in [0.15, 0.2) is 0 Å². The zero-order chi connectivity index (χ0) is 9.78. The van der Waals surface area contributed by atoms with Crippen LogP contribution in [0.3, 0.4) is 0 Å². The molecule has 0 aliphatic carbocycles. The maximum Gasteiger partial charge on any atom is 0.0936 e. The number of nitrogens with two attached hydrogens (primary N) is 2. The van der Waals surface area contributed by atoms with Crippen molar-refractivity contribution in [3.05, 3.63) is 23.5 Å². The van der Waals surface area contributed by atoms with Crippen LogP contribution in [0.1, 0.15) is 34.1 Å². The molecular weight excluding hydrogens is 148 g/mol. The van der Waals surface area contributed by atoms with Gasteiger partial charge in [0.2, 0.25) is 0 Å². The molecule has 70 valence electrons. The van der Waals surface area contributed by atoms with Gasteiger partial charge in [0, 0.05) is 0 Å². The molecule has 0 fully saturated rings. The Kier molecular flexibility index (Phi) is 3.87. The Hall–Kier alpha value is -0.920. The Labute approximate surface area is 75.3 Å². The summed E-state index contributed by atoms with van der Waals surface area (Å²) >= 11 is 0. The van der Waals surface area contributed by atoms with Crippen LogP contribution < -0.4 is 11.5 Å². The second-order valence-electron chi connectivity index (χ2n) is 3.87. The fourth-order valence-electron chi connectivity index (χ4n) is 1.02. The lowest BCUT2D eigenvalue weighted by atomic mass is 9.88. The van der Waals surface area contributed by atoms with E-state index in [4.69, 9.17) is 11.5 Å². The van der Waals surface area contributed by atoms with Gasteiger partial charge in [-0.2, -0.15) is 0 Å². The summed E-state index contributed by atoms with van der Waals surface area (Å²) < 4.78 is 0. The molecule has 4 N–H and O–H groups in total. The van der Waals surface area contributed by atoms with Crippen LogP contribution in [-0.4, -0.2) is 0 Å². The van der Waals surface area contributed by atoms with Gasteiger partial charge in [-0.15, -0.1) is 0 Å². The monoisotopic (exact) mass is 168 g/mol. The first-order chi connectivity index (χ1) is 5.37. The first-order valence-electron chi connectivity index (χ1n) is 4.29. The van der Waals surface area contributed by atoms with Crippen LogP contribution in [0.4, 0.5) is 0 Å². The van der Waals surface area contributed by atoms with Crippen molar-refractivity contribution in [1.29, 1.82) is 0 Å². The van der Waals surface area contributed by atoms with Crippen molar-refractivity contribution >= 4 is 0 Å². The molecular formula is C10H20N2. The molecule has 0 atom stereocenters. The van der Waals surface area contributed by atoms with Gasteiger partial charge in [0.05, 0.1) is 5.82 Å². The summed E-state index contributed by atoms with van der Waals surface area (Å²) in [6, 6.07) is 0. The van der Waals surface area contributed by atoms with Crippen molar-refractivity contribution in [2.45, 2.75) is 34.1 Å². The molecule has 0 saturated carbocycles. The number of hydrogen-bond acceptors (Lipinski definition) is 2. The van der Waals surface area contributed by atoms with Crippen LogP contribution in [0.2, 0.25) is 0 Å². The fourth-order valence-corrected chi connectivity index (χ4v) is 1.02. The third kappa shape index (κ3) is 4.83. The summed E-state index contributed by atoms with van der Waals surface area (Å²) in [5.74, 6) is 0.371. The van der Waals surface area contributed by atoms with E-state index in [-0.39, 0.29) is 5.41 Å². The molecule has 0 aliphatic heterocycles. The van der Waals surface area contributed by atoms with Crippen molar-refractivity contribution in [3.63, 3.8) is 0 Å². The average molecular weight is 168 g/mol. The molecule has 0 unspecified atom stereocenters. The standard InChI is InChI=1S/C10H20N2/c1-5-10(3,4)7-8(2)6-9(11)12/h6-7H,5,11-12H2,1-4H3/b8-7+. The summed E-state index contributed by atoms with van der Waals surface area (Å²) in [6.45, 7) is 8.56. The Bertz CT molecular complexity index is 196. The highest BCUT2D eigenvalue weighted by Gasteiger charge is 2.10. The molecule has 0 aromatic heterocycles. The minimum Gasteiger partial charge on any atom is -0.386 e. The quantitative estimate of drug-likeness (QED) is 0.634. The highest BCUT2D eigenvalue weighted by atomic mass is 14.8. The molecule has 2 nitrogen and oxygen atoms in total. The highest BCUT2D eigenvalue weighted by Crippen LogP contribution is 2.23. The number of allylic oxidation sites excluding steroid dienone is 3. The second-order valence-corrected chi connectivity index (χ2v) is 3.87. The van der Waals surface area contributed by atoms with Gasteiger partial charge in [0.25, 0.3) is 0 Å². The van der Waals surface area contributed by atoms with Crippen molar-refractivity contribution in [3.8, 4) is 0 Å². The molecule has 0 radical (unpaired) electrons. The SMILES string of the molecule is CCC(C)(C)/C=C(\C)C=C(N)N. The minimum atomic E-state index is 0.232. The zero-order valence-electron chi connectivity index (χ0n) is 8.52. The van der Waals surface area contributed by atoms with E-state index in [1.807, 2.05) is 6.92 Å². The predicted molar refractivity (Wildman–Crippen MR) is 54.3 cm³/mol. The maximum atomic E-state index is 5.35. The van der Waals surface area contributed by atoms with Gasteiger partial charge in [-0.1, -0.05) is 32.4 Å². The summed E-state index contributed by atoms with van der Waals surface area (Å²) in [5.41, 5.74) is 12.1. The topological polar surface area (TPSA) is 52.0 Å². The van der Waals surface area contributed by atoms with Crippen LogP contribution in [0.15, 0.2) is 23.5 Å². The van der Waals surface area contributed by atoms with Crippen molar-refractivity contribution < 1.29 is 0 Å². The van der Waals surface area contributed by atoms with Crippen molar-refractivity contribution in [1.82, 2.24) is 0 Å². The molecule has 0 bridgehead atoms. The molecule has 0 aliphatic rings. The summed E-state index contributed by atoms with van der Waals surface area (Å²) in [4.78, 5) is 0. The minimum absolute atomic E-state index is 0.232. The molecule has 0 aromatic rings. The lowest BCUT2D eigenvalue weighted by molar-refractivity contribution is 0.460. The lowest BCUT2D eigenvalue weighted by Crippen LogP contribution is -2.09. The van der Waals surface area contributed by atoms with Gasteiger partial charge in [-0.3, -0.25) is 0 Å². The Morgan fingerprint density at radius 3 is 2.17 bits per heavy atom. The molecule has 0 amide bonds. The van der Waals surface area contributed by atoms with Crippen LogP contribution in [0.5, 0.6) is 0 Å². The second kappa shape index (κ2) is 4.19. The predicted octanol–water partition coefficient (Wildman–Crippen LogP) is 2.13. The van der Waals surface area contributed by atoms with Gasteiger partial charge < -0.3 is 11.5 Å². The Morgan fingerprint density at radius 2 is 1.83 bits per heavy atom. The van der Waals surface area contributed by atoms with E-state index >= 15 is 0 Å². The van der Waals surface area contributed by atoms with E-state index in [0.29, 0.717) is 5.82 Å². The normalized spacial score (nSPS) is 12.8. The fraction of sp³-hybridized carbons (Fsp3) is 0.600. The summed E-state index contributed by atoms with van der Waals surface area (Å²) in [5, 5.41) is 0. The average Bonchev–Trinajstić information content (AvgIpc) is 1.84. The van der Waals surface area contributed by atoms with E-state index in [0.717, 1.165) is 12.0 Å². The third-order valence-electron chi connectivity index (χ3n) is 1.92. The van der Waals surface area contributed by atoms with E-state index in [1.165, 1.54) is 0 Å². The highest BCUT2D eigenvalue weighted by molar-refractivity contribution is 5.20. The van der Waals surface area contributed by atoms with Gasteiger partial charge in [-0.05, 0) is 24.8 Å². The van der Waals surface area contributed by atoms with Gasteiger partial charge >= 0.3 is 0 Å². The molecule has 0 rings (SSSR count). The van der Waals surface area contributed by atoms with E-state index in [1.54, 1.807) is 6.08 Å². The molecule has 0 saturated heterocycles. The van der Waals surface area contributed by atoms with Crippen LogP contribution in [0, 0.1) is 5.41 Å². The molecule has 0 heterocycles. The Morgan fingerprint density at radius 1 is 1.33 bits per heavy atom. The summed E-state index contributed by atoms with van der Waals surface area (Å²) in [7, 11) is 0. The number of rotatable bonds is 3. The molecule has 0 aromatic carbocycles. The largest absolute Gasteiger partial charge is 0.386 e. The van der Waals surface area contributed by atoms with Gasteiger partial charge in [-0.25, -0.2) is 0 Å². The van der Waals surface area contributed by atoms with Crippen LogP contribution in [0.25, 0.3) is 0 Å². The van der Waals surface area contributed by atoms with E-state index < -0.39 is 0 Å². The van der Waals surface area contributed by atoms with Gasteiger partial charge in [0.1, 0.15) is 0 Å². The van der Waals surface area contributed by atoms with Crippen molar-refractivity contribution in [2.75, 3.05) is 0 Å². The van der Waals surface area contributed by atoms with Crippen molar-refractivity contribution in [2.24, 2.45) is 16.9 Å². The van der Waals surface area contributed by atoms with E-state index in [2.05, 4.69) is 26.8 Å². The first kappa shape index (κ1) is 11.1. The van der Waals surface area contributed by atoms with Crippen LogP contribution >= 0.6 is 0 Å². The zero-order valence-corrected chi connectivity index (χ0v) is 8.52. The molecule has 2 heteroatoms. The lowest BCUT2D eigenvalue weighted by Gasteiger charge is -2.17. The molecule has 0 spiro atoms. The first-order valence-corrected chi connectivity index (χ1v) is 4.29. The number of hydrogen-bond donors (Lipinski definition) is 2. The van der Waals surface area contributed by atoms with E-state index in [9.17, 15) is 0 Å². The summed E-state index contributed by atoms with van der Waals surface area (Å²) in [6.07, 6.45) is 5.09. The van der Waals surface area contributed by atoms with Crippen LogP contribution in [-0.2, 0) is 0 Å². The molecule has 12 heavy (non-hydrogen) atoms. The third-order valence-corrected chi connectivity index (χ3v) is 1.92. The Balaban J connectivity index is 4.46. The smallest absolute Gasteiger partial charge is 0.0936 e. The maximum absolute atomic E-state index is 5.35.